The third-order valence-electron chi connectivity index (χ3n) is 3.95. The first-order valence-corrected chi connectivity index (χ1v) is 10.3. The van der Waals surface area contributed by atoms with Crippen LogP contribution < -0.4 is 14.8 Å². The van der Waals surface area contributed by atoms with Crippen molar-refractivity contribution in [3.8, 4) is 11.5 Å². The van der Waals surface area contributed by atoms with Crippen molar-refractivity contribution in [2.75, 3.05) is 5.32 Å². The van der Waals surface area contributed by atoms with E-state index in [1.807, 2.05) is 48.5 Å². The molecule has 0 spiro atoms. The van der Waals surface area contributed by atoms with Crippen LogP contribution in [0.15, 0.2) is 70.6 Å². The Kier molecular flexibility index (Phi) is 5.87. The molecule has 0 bridgehead atoms. The van der Waals surface area contributed by atoms with E-state index >= 15 is 0 Å². The van der Waals surface area contributed by atoms with Crippen molar-refractivity contribution in [1.82, 2.24) is 4.72 Å². The topological polar surface area (TPSA) is 45.7 Å². The number of hydrogen-bond acceptors (Lipinski definition) is 3. The Morgan fingerprint density at radius 3 is 2.50 bits per heavy atom. The summed E-state index contributed by atoms with van der Waals surface area (Å²) < 4.78 is 9.21. The second-order valence-corrected chi connectivity index (χ2v) is 7.97. The zero-order valence-corrected chi connectivity index (χ0v) is 17.5. The van der Waals surface area contributed by atoms with Crippen LogP contribution in [-0.4, -0.2) is 5.96 Å². The average Bonchev–Trinajstić information content (AvgIpc) is 2.71. The molecular weight excluding hydrogens is 437 g/mol. The van der Waals surface area contributed by atoms with E-state index in [1.54, 1.807) is 12.1 Å². The van der Waals surface area contributed by atoms with Crippen molar-refractivity contribution in [3.05, 3.63) is 81.3 Å². The molecule has 3 aromatic carbocycles. The Labute approximate surface area is 182 Å². The van der Waals surface area contributed by atoms with Crippen LogP contribution in [0, 0.1) is 0 Å². The average molecular weight is 451 g/mol. The Bertz CT molecular complexity index is 1060. The summed E-state index contributed by atoms with van der Waals surface area (Å²) in [5, 5.41) is 4.88. The van der Waals surface area contributed by atoms with Crippen molar-refractivity contribution < 1.29 is 4.74 Å². The zero-order chi connectivity index (χ0) is 19.5. The van der Waals surface area contributed by atoms with E-state index in [2.05, 4.69) is 15.0 Å². The lowest BCUT2D eigenvalue weighted by Crippen LogP contribution is -2.29. The largest absolute Gasteiger partial charge is 0.454 e. The van der Waals surface area contributed by atoms with Crippen molar-refractivity contribution in [2.45, 2.75) is 11.4 Å². The molecule has 1 aliphatic heterocycles. The van der Waals surface area contributed by atoms with Crippen molar-refractivity contribution in [3.63, 3.8) is 0 Å². The molecule has 8 heteroatoms. The van der Waals surface area contributed by atoms with Crippen LogP contribution in [0.5, 0.6) is 11.5 Å². The molecule has 4 nitrogen and oxygen atoms in total. The lowest BCUT2D eigenvalue weighted by molar-refractivity contribution is 0.484. The van der Waals surface area contributed by atoms with Gasteiger partial charge in [-0.15, -0.1) is 0 Å². The second kappa shape index (κ2) is 8.53. The van der Waals surface area contributed by atoms with Gasteiger partial charge in [-0.25, -0.2) is 4.99 Å². The molecule has 0 saturated carbocycles. The van der Waals surface area contributed by atoms with Gasteiger partial charge in [-0.1, -0.05) is 59.1 Å². The number of para-hydroxylation sites is 2. The summed E-state index contributed by atoms with van der Waals surface area (Å²) in [6.07, 6.45) is 0. The molecule has 1 heterocycles. The first-order valence-electron chi connectivity index (χ1n) is 8.34. The molecule has 0 aromatic heterocycles. The molecule has 3 aromatic rings. The van der Waals surface area contributed by atoms with Crippen LogP contribution in [0.2, 0.25) is 15.1 Å². The molecule has 0 amide bonds. The molecule has 0 atom stereocenters. The number of rotatable bonds is 4. The van der Waals surface area contributed by atoms with Gasteiger partial charge in [-0.05, 0) is 53.9 Å². The van der Waals surface area contributed by atoms with Crippen molar-refractivity contribution >= 4 is 58.4 Å². The molecule has 28 heavy (non-hydrogen) atoms. The highest BCUT2D eigenvalue weighted by Crippen LogP contribution is 2.40. The van der Waals surface area contributed by atoms with Gasteiger partial charge >= 0.3 is 0 Å². The van der Waals surface area contributed by atoms with E-state index in [0.29, 0.717) is 39.1 Å². The van der Waals surface area contributed by atoms with Crippen molar-refractivity contribution in [1.29, 1.82) is 0 Å². The van der Waals surface area contributed by atoms with E-state index in [-0.39, 0.29) is 0 Å². The molecule has 0 unspecified atom stereocenters. The highest BCUT2D eigenvalue weighted by molar-refractivity contribution is 7.98. The number of hydrogen-bond donors (Lipinski definition) is 2. The third kappa shape index (κ3) is 4.33. The summed E-state index contributed by atoms with van der Waals surface area (Å²) in [5.41, 5.74) is 1.79. The summed E-state index contributed by atoms with van der Waals surface area (Å²) in [7, 11) is 0. The molecular formula is C20H14Cl3N3OS. The van der Waals surface area contributed by atoms with Gasteiger partial charge in [0.2, 0.25) is 5.96 Å². The Hall–Kier alpha value is -2.05. The van der Waals surface area contributed by atoms with E-state index < -0.39 is 0 Å². The minimum atomic E-state index is 0.454. The molecule has 0 fully saturated rings. The van der Waals surface area contributed by atoms with E-state index in [9.17, 15) is 0 Å². The quantitative estimate of drug-likeness (QED) is 0.419. The maximum absolute atomic E-state index is 6.22. The highest BCUT2D eigenvalue weighted by Gasteiger charge is 2.19. The lowest BCUT2D eigenvalue weighted by Gasteiger charge is -2.23. The predicted molar refractivity (Wildman–Crippen MR) is 118 cm³/mol. The predicted octanol–water partition coefficient (Wildman–Crippen LogP) is 7.02. The fourth-order valence-corrected chi connectivity index (χ4v) is 3.80. The Balaban J connectivity index is 1.55. The normalized spacial score (nSPS) is 14.2. The number of ether oxygens (including phenoxy) is 1. The molecule has 0 radical (unpaired) electrons. The van der Waals surface area contributed by atoms with Crippen LogP contribution in [0.4, 0.5) is 5.69 Å². The number of nitrogens with one attached hydrogen (secondary N) is 2. The third-order valence-corrected chi connectivity index (χ3v) is 5.86. The number of benzene rings is 3. The van der Waals surface area contributed by atoms with Crippen molar-refractivity contribution in [2.24, 2.45) is 4.99 Å². The number of guanidine groups is 1. The minimum Gasteiger partial charge on any atom is -0.454 e. The zero-order valence-electron chi connectivity index (χ0n) is 14.4. The number of fused-ring (bicyclic) bond motifs is 1. The van der Waals surface area contributed by atoms with Crippen LogP contribution in [0.25, 0.3) is 0 Å². The van der Waals surface area contributed by atoms with Crippen LogP contribution in [0.3, 0.4) is 0 Å². The molecule has 4 rings (SSSR count). The van der Waals surface area contributed by atoms with Gasteiger partial charge in [0, 0.05) is 0 Å². The standard InChI is InChI=1S/C20H14Cl3N3OS/c21-13-9-8-12(10-15(13)23)11-24-20-25-19-17(6-3-7-18(19)28-26-20)27-16-5-2-1-4-14(16)22/h1-10H,11H2,(H2,24,25,26). The van der Waals surface area contributed by atoms with Gasteiger partial charge in [0.25, 0.3) is 0 Å². The van der Waals surface area contributed by atoms with Crippen LogP contribution in [-0.2, 0) is 6.54 Å². The summed E-state index contributed by atoms with van der Waals surface area (Å²) in [5.74, 6) is 1.89. The lowest BCUT2D eigenvalue weighted by atomic mass is 10.2. The first kappa shape index (κ1) is 19.3. The fraction of sp³-hybridized carbons (Fsp3) is 0.0500. The monoisotopic (exact) mass is 449 g/mol. The van der Waals surface area contributed by atoms with E-state index in [0.717, 1.165) is 16.1 Å². The smallest absolute Gasteiger partial charge is 0.206 e. The summed E-state index contributed by atoms with van der Waals surface area (Å²) in [4.78, 5) is 5.58. The maximum atomic E-state index is 6.22. The number of anilines is 1. The summed E-state index contributed by atoms with van der Waals surface area (Å²) in [6, 6.07) is 18.6. The number of halogens is 3. The number of aliphatic imine (C=N–C) groups is 1. The van der Waals surface area contributed by atoms with Crippen LogP contribution in [0.1, 0.15) is 5.56 Å². The molecule has 0 aliphatic carbocycles. The Morgan fingerprint density at radius 2 is 1.68 bits per heavy atom. The van der Waals surface area contributed by atoms with Gasteiger partial charge in [0.05, 0.1) is 32.2 Å². The second-order valence-electron chi connectivity index (χ2n) is 5.90. The summed E-state index contributed by atoms with van der Waals surface area (Å²) >= 11 is 19.7. The molecule has 2 N–H and O–H groups in total. The van der Waals surface area contributed by atoms with E-state index in [4.69, 9.17) is 39.5 Å². The van der Waals surface area contributed by atoms with Crippen LogP contribution >= 0.6 is 46.8 Å². The minimum absolute atomic E-state index is 0.454. The maximum Gasteiger partial charge on any atom is 0.206 e. The number of nitrogens with zero attached hydrogens (tertiary/aromatic N) is 1. The van der Waals surface area contributed by atoms with Gasteiger partial charge in [0.15, 0.2) is 5.75 Å². The molecule has 1 aliphatic rings. The summed E-state index contributed by atoms with van der Waals surface area (Å²) in [6.45, 7) is 0.454. The fourth-order valence-electron chi connectivity index (χ4n) is 2.58. The molecule has 0 saturated heterocycles. The highest BCUT2D eigenvalue weighted by atomic mass is 35.5. The first-order chi connectivity index (χ1) is 13.6. The molecule has 142 valence electrons. The SMILES string of the molecule is Clc1ccc(CN=C2NSc3cccc(Oc4ccccc4Cl)c3N2)cc1Cl. The van der Waals surface area contributed by atoms with E-state index in [1.165, 1.54) is 11.9 Å². The Morgan fingerprint density at radius 1 is 0.857 bits per heavy atom. The van der Waals surface area contributed by atoms with Gasteiger partial charge in [-0.2, -0.15) is 0 Å². The van der Waals surface area contributed by atoms with Gasteiger partial charge in [0.1, 0.15) is 5.75 Å². The van der Waals surface area contributed by atoms with Gasteiger partial charge < -0.3 is 10.1 Å². The van der Waals surface area contributed by atoms with Gasteiger partial charge in [-0.3, -0.25) is 4.72 Å².